The molecule has 28 heavy (non-hydrogen) atoms. The molecule has 1 N–H and O–H groups in total. The lowest BCUT2D eigenvalue weighted by Gasteiger charge is -2.19. The molecule has 1 unspecified atom stereocenters. The molecule has 1 amide bonds. The third-order valence-electron chi connectivity index (χ3n) is 4.72. The highest BCUT2D eigenvalue weighted by molar-refractivity contribution is 6.17. The SMILES string of the molecule is CC1=Nc2ccccc2N=C(NC(=O)Cc2ccccc2)C1c1ccccc1. The van der Waals surface area contributed by atoms with Gasteiger partial charge in [0, 0.05) is 5.71 Å². The number of fused-ring (bicyclic) bond motifs is 1. The van der Waals surface area contributed by atoms with E-state index in [0.717, 1.165) is 28.2 Å². The molecule has 138 valence electrons. The van der Waals surface area contributed by atoms with Gasteiger partial charge in [-0.2, -0.15) is 0 Å². The number of aliphatic imine (C=N–C) groups is 2. The quantitative estimate of drug-likeness (QED) is 0.698. The molecule has 1 heterocycles. The van der Waals surface area contributed by atoms with Gasteiger partial charge in [-0.05, 0) is 30.2 Å². The second-order valence-electron chi connectivity index (χ2n) is 6.79. The van der Waals surface area contributed by atoms with Crippen molar-refractivity contribution in [1.82, 2.24) is 5.32 Å². The first-order valence-corrected chi connectivity index (χ1v) is 9.32. The standard InChI is InChI=1S/C24H21N3O/c1-17-23(19-12-6-3-7-13-19)24(26-21-15-9-8-14-20(21)25-17)27-22(28)16-18-10-4-2-5-11-18/h2-15,23H,16H2,1H3,(H,26,27,28). The fourth-order valence-electron chi connectivity index (χ4n) is 3.41. The minimum atomic E-state index is -0.201. The molecule has 0 aromatic heterocycles. The van der Waals surface area contributed by atoms with Crippen LogP contribution < -0.4 is 5.32 Å². The van der Waals surface area contributed by atoms with E-state index < -0.39 is 0 Å². The Kier molecular flexibility index (Phi) is 5.11. The van der Waals surface area contributed by atoms with E-state index in [1.165, 1.54) is 0 Å². The van der Waals surface area contributed by atoms with Crippen LogP contribution in [0.15, 0.2) is 94.9 Å². The van der Waals surface area contributed by atoms with E-state index >= 15 is 0 Å². The average Bonchev–Trinajstić information content (AvgIpc) is 2.84. The van der Waals surface area contributed by atoms with Crippen LogP contribution in [0.1, 0.15) is 24.0 Å². The summed E-state index contributed by atoms with van der Waals surface area (Å²) in [6, 6.07) is 27.5. The Labute approximate surface area is 164 Å². The van der Waals surface area contributed by atoms with E-state index in [1.807, 2.05) is 91.9 Å². The number of amidine groups is 1. The van der Waals surface area contributed by atoms with Crippen LogP contribution in [0.2, 0.25) is 0 Å². The van der Waals surface area contributed by atoms with Crippen molar-refractivity contribution in [3.8, 4) is 0 Å². The fourth-order valence-corrected chi connectivity index (χ4v) is 3.41. The van der Waals surface area contributed by atoms with Gasteiger partial charge in [-0.25, -0.2) is 4.99 Å². The zero-order chi connectivity index (χ0) is 19.3. The van der Waals surface area contributed by atoms with E-state index in [0.29, 0.717) is 12.3 Å². The summed E-state index contributed by atoms with van der Waals surface area (Å²) in [4.78, 5) is 22.3. The minimum absolute atomic E-state index is 0.0851. The van der Waals surface area contributed by atoms with E-state index in [-0.39, 0.29) is 11.8 Å². The van der Waals surface area contributed by atoms with Crippen molar-refractivity contribution in [2.45, 2.75) is 19.3 Å². The fraction of sp³-hybridized carbons (Fsp3) is 0.125. The predicted molar refractivity (Wildman–Crippen MR) is 114 cm³/mol. The molecule has 0 aliphatic carbocycles. The van der Waals surface area contributed by atoms with Crippen molar-refractivity contribution in [2.24, 2.45) is 9.98 Å². The van der Waals surface area contributed by atoms with Crippen LogP contribution in [0.4, 0.5) is 11.4 Å². The van der Waals surface area contributed by atoms with Crippen LogP contribution in [0.3, 0.4) is 0 Å². The summed E-state index contributed by atoms with van der Waals surface area (Å²) in [6.07, 6.45) is 0.305. The molecule has 3 aromatic carbocycles. The van der Waals surface area contributed by atoms with Gasteiger partial charge in [-0.3, -0.25) is 9.79 Å². The Balaban J connectivity index is 1.71. The number of rotatable bonds is 3. The van der Waals surface area contributed by atoms with Crippen molar-refractivity contribution in [3.63, 3.8) is 0 Å². The molecule has 4 nitrogen and oxygen atoms in total. The zero-order valence-electron chi connectivity index (χ0n) is 15.7. The van der Waals surface area contributed by atoms with Crippen LogP contribution in [-0.4, -0.2) is 17.5 Å². The molecule has 1 aliphatic heterocycles. The van der Waals surface area contributed by atoms with Gasteiger partial charge >= 0.3 is 0 Å². The number of hydrogen-bond acceptors (Lipinski definition) is 3. The molecule has 0 radical (unpaired) electrons. The number of nitrogens with zero attached hydrogens (tertiary/aromatic N) is 2. The maximum Gasteiger partial charge on any atom is 0.229 e. The summed E-state index contributed by atoms with van der Waals surface area (Å²) in [5, 5.41) is 3.06. The lowest BCUT2D eigenvalue weighted by molar-refractivity contribution is -0.119. The average molecular weight is 367 g/mol. The summed E-state index contributed by atoms with van der Waals surface area (Å²) in [5.74, 6) is 0.324. The second-order valence-corrected chi connectivity index (χ2v) is 6.79. The maximum atomic E-state index is 12.8. The zero-order valence-corrected chi connectivity index (χ0v) is 15.7. The minimum Gasteiger partial charge on any atom is -0.313 e. The third kappa shape index (κ3) is 3.91. The number of benzene rings is 3. The highest BCUT2D eigenvalue weighted by Crippen LogP contribution is 2.34. The van der Waals surface area contributed by atoms with Gasteiger partial charge in [0.2, 0.25) is 5.91 Å². The lowest BCUT2D eigenvalue weighted by Crippen LogP contribution is -2.38. The molecule has 0 bridgehead atoms. The summed E-state index contributed by atoms with van der Waals surface area (Å²) in [7, 11) is 0. The topological polar surface area (TPSA) is 53.8 Å². The molecule has 4 heteroatoms. The molecular formula is C24H21N3O. The van der Waals surface area contributed by atoms with Crippen LogP contribution in [0.5, 0.6) is 0 Å². The van der Waals surface area contributed by atoms with Gasteiger partial charge in [0.05, 0.1) is 23.7 Å². The van der Waals surface area contributed by atoms with Crippen LogP contribution in [0, 0.1) is 0 Å². The molecule has 4 rings (SSSR count). The van der Waals surface area contributed by atoms with E-state index in [2.05, 4.69) is 5.32 Å². The smallest absolute Gasteiger partial charge is 0.229 e. The van der Waals surface area contributed by atoms with Crippen molar-refractivity contribution in [2.75, 3.05) is 0 Å². The predicted octanol–water partition coefficient (Wildman–Crippen LogP) is 4.97. The third-order valence-corrected chi connectivity index (χ3v) is 4.72. The van der Waals surface area contributed by atoms with Crippen LogP contribution in [0.25, 0.3) is 0 Å². The summed E-state index contributed by atoms with van der Waals surface area (Å²) >= 11 is 0. The Morgan fingerprint density at radius 3 is 2.07 bits per heavy atom. The van der Waals surface area contributed by atoms with Crippen LogP contribution in [-0.2, 0) is 11.2 Å². The van der Waals surface area contributed by atoms with Gasteiger partial charge in [-0.15, -0.1) is 0 Å². The number of nitrogens with one attached hydrogen (secondary N) is 1. The lowest BCUT2D eigenvalue weighted by atomic mass is 9.93. The molecule has 0 saturated heterocycles. The molecule has 1 atom stereocenters. The Hall–Kier alpha value is -3.53. The van der Waals surface area contributed by atoms with Gasteiger partial charge in [0.15, 0.2) is 0 Å². The monoisotopic (exact) mass is 367 g/mol. The van der Waals surface area contributed by atoms with Crippen molar-refractivity contribution < 1.29 is 4.79 Å². The first-order chi connectivity index (χ1) is 13.7. The van der Waals surface area contributed by atoms with E-state index in [4.69, 9.17) is 9.98 Å². The summed E-state index contributed by atoms with van der Waals surface area (Å²) in [6.45, 7) is 1.98. The van der Waals surface area contributed by atoms with Gasteiger partial charge in [-0.1, -0.05) is 72.8 Å². The molecular weight excluding hydrogens is 346 g/mol. The van der Waals surface area contributed by atoms with Gasteiger partial charge < -0.3 is 5.32 Å². The number of carbonyl (C=O) groups is 1. The first kappa shape index (κ1) is 17.9. The molecule has 1 aliphatic rings. The Morgan fingerprint density at radius 1 is 0.821 bits per heavy atom. The van der Waals surface area contributed by atoms with Crippen molar-refractivity contribution >= 4 is 28.8 Å². The van der Waals surface area contributed by atoms with E-state index in [9.17, 15) is 4.79 Å². The first-order valence-electron chi connectivity index (χ1n) is 9.32. The maximum absolute atomic E-state index is 12.8. The van der Waals surface area contributed by atoms with E-state index in [1.54, 1.807) is 0 Å². The number of para-hydroxylation sites is 2. The molecule has 0 fully saturated rings. The van der Waals surface area contributed by atoms with Crippen molar-refractivity contribution in [1.29, 1.82) is 0 Å². The Bertz CT molecular complexity index is 1040. The van der Waals surface area contributed by atoms with Crippen LogP contribution >= 0.6 is 0 Å². The normalized spacial score (nSPS) is 15.7. The van der Waals surface area contributed by atoms with Gasteiger partial charge in [0.1, 0.15) is 5.84 Å². The van der Waals surface area contributed by atoms with Crippen molar-refractivity contribution in [3.05, 3.63) is 96.1 Å². The number of carbonyl (C=O) groups excluding carboxylic acids is 1. The number of hydrogen-bond donors (Lipinski definition) is 1. The highest BCUT2D eigenvalue weighted by atomic mass is 16.1. The highest BCUT2D eigenvalue weighted by Gasteiger charge is 2.26. The summed E-state index contributed by atoms with van der Waals surface area (Å²) in [5.41, 5.74) is 4.49. The summed E-state index contributed by atoms with van der Waals surface area (Å²) < 4.78 is 0. The second kappa shape index (κ2) is 8.01. The number of amides is 1. The molecule has 0 spiro atoms. The Morgan fingerprint density at radius 2 is 1.39 bits per heavy atom. The molecule has 3 aromatic rings. The molecule has 0 saturated carbocycles. The largest absolute Gasteiger partial charge is 0.313 e. The van der Waals surface area contributed by atoms with Gasteiger partial charge in [0.25, 0.3) is 0 Å².